The van der Waals surface area contributed by atoms with Crippen LogP contribution >= 0.6 is 0 Å². The Morgan fingerprint density at radius 3 is 2.39 bits per heavy atom. The third-order valence-electron chi connectivity index (χ3n) is 2.93. The van der Waals surface area contributed by atoms with E-state index in [1.807, 2.05) is 0 Å². The van der Waals surface area contributed by atoms with E-state index in [1.165, 1.54) is 31.9 Å². The third kappa shape index (κ3) is 5.52. The van der Waals surface area contributed by atoms with Gasteiger partial charge in [-0.2, -0.15) is 13.2 Å². The molecule has 102 valence electrons. The van der Waals surface area contributed by atoms with Gasteiger partial charge in [-0.05, 0) is 30.5 Å². The molecular weight excluding hydrogens is 239 g/mol. The molecule has 1 nitrogen and oxygen atoms in total. The summed E-state index contributed by atoms with van der Waals surface area (Å²) in [4.78, 5) is 3.35. The molecule has 0 aliphatic heterocycles. The minimum absolute atomic E-state index is 0.706. The minimum atomic E-state index is -4.34. The van der Waals surface area contributed by atoms with E-state index in [0.717, 1.165) is 24.5 Å². The molecule has 0 radical (unpaired) electrons. The van der Waals surface area contributed by atoms with Crippen molar-refractivity contribution < 1.29 is 13.2 Å². The fraction of sp³-hybridized carbons (Fsp3) is 0.643. The van der Waals surface area contributed by atoms with Crippen LogP contribution in [0.15, 0.2) is 18.3 Å². The zero-order valence-corrected chi connectivity index (χ0v) is 10.8. The van der Waals surface area contributed by atoms with Crippen LogP contribution < -0.4 is 0 Å². The third-order valence-corrected chi connectivity index (χ3v) is 2.93. The predicted octanol–water partition coefficient (Wildman–Crippen LogP) is 5.00. The van der Waals surface area contributed by atoms with Crippen molar-refractivity contribution in [3.63, 3.8) is 0 Å². The van der Waals surface area contributed by atoms with Crippen molar-refractivity contribution in [1.29, 1.82) is 0 Å². The van der Waals surface area contributed by atoms with Gasteiger partial charge in [-0.3, -0.25) is 4.98 Å². The lowest BCUT2D eigenvalue weighted by atomic mass is 10.1. The SMILES string of the molecule is CCCCCCCCc1ccnc(C(F)(F)F)c1. The molecule has 0 unspecified atom stereocenters. The minimum Gasteiger partial charge on any atom is -0.252 e. The summed E-state index contributed by atoms with van der Waals surface area (Å²) >= 11 is 0. The molecule has 0 bridgehead atoms. The molecule has 18 heavy (non-hydrogen) atoms. The second-order valence-corrected chi connectivity index (χ2v) is 4.56. The number of hydrogen-bond acceptors (Lipinski definition) is 1. The molecule has 0 atom stereocenters. The molecule has 0 spiro atoms. The van der Waals surface area contributed by atoms with Crippen LogP contribution in [-0.4, -0.2) is 4.98 Å². The first-order valence-corrected chi connectivity index (χ1v) is 6.56. The van der Waals surface area contributed by atoms with Gasteiger partial charge in [0.2, 0.25) is 0 Å². The normalized spacial score (nSPS) is 11.8. The van der Waals surface area contributed by atoms with Gasteiger partial charge in [0.25, 0.3) is 0 Å². The summed E-state index contributed by atoms with van der Waals surface area (Å²) in [5, 5.41) is 0. The number of rotatable bonds is 7. The first-order valence-electron chi connectivity index (χ1n) is 6.56. The van der Waals surface area contributed by atoms with Gasteiger partial charge in [0.15, 0.2) is 0 Å². The van der Waals surface area contributed by atoms with Crippen LogP contribution in [0.1, 0.15) is 56.7 Å². The van der Waals surface area contributed by atoms with Gasteiger partial charge >= 0.3 is 6.18 Å². The Balaban J connectivity index is 2.34. The van der Waals surface area contributed by atoms with Gasteiger partial charge in [0.05, 0.1) is 0 Å². The van der Waals surface area contributed by atoms with Crippen molar-refractivity contribution in [3.8, 4) is 0 Å². The summed E-state index contributed by atoms with van der Waals surface area (Å²) in [6.45, 7) is 2.16. The van der Waals surface area contributed by atoms with Crippen LogP contribution in [0.4, 0.5) is 13.2 Å². The quantitative estimate of drug-likeness (QED) is 0.628. The lowest BCUT2D eigenvalue weighted by Gasteiger charge is -2.07. The molecule has 0 saturated carbocycles. The van der Waals surface area contributed by atoms with Crippen LogP contribution in [0.2, 0.25) is 0 Å². The van der Waals surface area contributed by atoms with Crippen LogP contribution in [-0.2, 0) is 12.6 Å². The van der Waals surface area contributed by atoms with Gasteiger partial charge in [-0.1, -0.05) is 39.0 Å². The average Bonchev–Trinajstić information content (AvgIpc) is 2.33. The summed E-state index contributed by atoms with van der Waals surface area (Å²) < 4.78 is 37.3. The standard InChI is InChI=1S/C14H20F3N/c1-2-3-4-5-6-7-8-12-9-10-18-13(11-12)14(15,16)17/h9-11H,2-8H2,1H3. The number of hydrogen-bond donors (Lipinski definition) is 0. The maximum absolute atomic E-state index is 12.4. The van der Waals surface area contributed by atoms with Gasteiger partial charge in [0.1, 0.15) is 5.69 Å². The van der Waals surface area contributed by atoms with Crippen molar-refractivity contribution in [1.82, 2.24) is 4.98 Å². The maximum Gasteiger partial charge on any atom is 0.433 e. The fourth-order valence-electron chi connectivity index (χ4n) is 1.89. The summed E-state index contributed by atoms with van der Waals surface area (Å²) in [5.74, 6) is 0. The van der Waals surface area contributed by atoms with E-state index in [2.05, 4.69) is 11.9 Å². The molecule has 0 N–H and O–H groups in total. The maximum atomic E-state index is 12.4. The number of pyridine rings is 1. The Morgan fingerprint density at radius 1 is 1.06 bits per heavy atom. The summed E-state index contributed by atoms with van der Waals surface area (Å²) in [5.41, 5.74) is -0.0567. The van der Waals surface area contributed by atoms with Crippen molar-refractivity contribution >= 4 is 0 Å². The van der Waals surface area contributed by atoms with Crippen molar-refractivity contribution in [3.05, 3.63) is 29.6 Å². The summed E-state index contributed by atoms with van der Waals surface area (Å²) in [7, 11) is 0. The topological polar surface area (TPSA) is 12.9 Å². The Kier molecular flexibility index (Phi) is 6.16. The second-order valence-electron chi connectivity index (χ2n) is 4.56. The first kappa shape index (κ1) is 15.0. The number of aromatic nitrogens is 1. The van der Waals surface area contributed by atoms with E-state index in [0.29, 0.717) is 6.42 Å². The van der Waals surface area contributed by atoms with Gasteiger partial charge in [0, 0.05) is 6.20 Å². The number of halogens is 3. The highest BCUT2D eigenvalue weighted by atomic mass is 19.4. The first-order chi connectivity index (χ1) is 8.54. The van der Waals surface area contributed by atoms with Crippen molar-refractivity contribution in [2.45, 2.75) is 58.0 Å². The molecule has 0 amide bonds. The molecule has 0 aliphatic rings. The Bertz CT molecular complexity index is 347. The van der Waals surface area contributed by atoms with Gasteiger partial charge < -0.3 is 0 Å². The fourth-order valence-corrected chi connectivity index (χ4v) is 1.89. The van der Waals surface area contributed by atoms with Gasteiger partial charge in [-0.25, -0.2) is 0 Å². The Labute approximate surface area is 106 Å². The van der Waals surface area contributed by atoms with E-state index in [9.17, 15) is 13.2 Å². The highest BCUT2D eigenvalue weighted by molar-refractivity contribution is 5.18. The van der Waals surface area contributed by atoms with E-state index < -0.39 is 11.9 Å². The number of alkyl halides is 3. The molecule has 0 fully saturated rings. The number of unbranched alkanes of at least 4 members (excludes halogenated alkanes) is 5. The molecule has 0 aliphatic carbocycles. The van der Waals surface area contributed by atoms with Crippen LogP contribution in [0.3, 0.4) is 0 Å². The summed E-state index contributed by atoms with van der Waals surface area (Å²) in [6, 6.07) is 2.83. The van der Waals surface area contributed by atoms with Crippen LogP contribution in [0.25, 0.3) is 0 Å². The molecule has 4 heteroatoms. The molecule has 0 aromatic carbocycles. The van der Waals surface area contributed by atoms with E-state index in [4.69, 9.17) is 0 Å². The van der Waals surface area contributed by atoms with Crippen LogP contribution in [0, 0.1) is 0 Å². The largest absolute Gasteiger partial charge is 0.433 e. The van der Waals surface area contributed by atoms with Crippen LogP contribution in [0.5, 0.6) is 0 Å². The molecular formula is C14H20F3N. The zero-order valence-electron chi connectivity index (χ0n) is 10.8. The average molecular weight is 259 g/mol. The smallest absolute Gasteiger partial charge is 0.252 e. The highest BCUT2D eigenvalue weighted by Crippen LogP contribution is 2.28. The number of nitrogens with zero attached hydrogens (tertiary/aromatic N) is 1. The highest BCUT2D eigenvalue weighted by Gasteiger charge is 2.32. The predicted molar refractivity (Wildman–Crippen MR) is 66.3 cm³/mol. The van der Waals surface area contributed by atoms with E-state index in [-0.39, 0.29) is 0 Å². The molecule has 1 heterocycles. The molecule has 1 aromatic heterocycles. The molecule has 1 aromatic rings. The zero-order chi connectivity index (χ0) is 13.4. The Hall–Kier alpha value is -1.06. The summed E-state index contributed by atoms with van der Waals surface area (Å²) in [6.07, 6.45) is 4.50. The van der Waals surface area contributed by atoms with Crippen molar-refractivity contribution in [2.24, 2.45) is 0 Å². The van der Waals surface area contributed by atoms with E-state index >= 15 is 0 Å². The van der Waals surface area contributed by atoms with Crippen molar-refractivity contribution in [2.75, 3.05) is 0 Å². The number of aryl methyl sites for hydroxylation is 1. The second kappa shape index (κ2) is 7.39. The Morgan fingerprint density at radius 2 is 1.72 bits per heavy atom. The van der Waals surface area contributed by atoms with Gasteiger partial charge in [-0.15, -0.1) is 0 Å². The monoisotopic (exact) mass is 259 g/mol. The van der Waals surface area contributed by atoms with E-state index in [1.54, 1.807) is 6.07 Å². The molecule has 0 saturated heterocycles. The lowest BCUT2D eigenvalue weighted by molar-refractivity contribution is -0.141. The molecule has 1 rings (SSSR count). The lowest BCUT2D eigenvalue weighted by Crippen LogP contribution is -2.08.